The predicted octanol–water partition coefficient (Wildman–Crippen LogP) is 9.27. The predicted molar refractivity (Wildman–Crippen MR) is 258 cm³/mol. The standard InChI is InChI=1S/C50H62N2O10S3/c1-48(2,3)46(53)22-13-31-50(6)41-19-9-11-21-43(41)52(33-15-35-64(56,57)58)45(50)30-24-37-17-12-16-36(47(37)62-38-25-27-39(28-26-38)65(59,60)61)23-29-44-49(4,5)40-18-8-10-20-42(40)51(44)32-14-34-63(7,54)55/h8-11,18-21,23-30H,7,12-17,22,31-35H2,1-6H3,(H2-,54,55,56,57,58,59,60,61). The van der Waals surface area contributed by atoms with Gasteiger partial charge < -0.3 is 14.2 Å². The van der Waals surface area contributed by atoms with Crippen molar-refractivity contribution in [3.8, 4) is 5.75 Å². The van der Waals surface area contributed by atoms with Gasteiger partial charge in [-0.3, -0.25) is 18.1 Å². The Balaban J connectivity index is 1.48. The number of rotatable bonds is 18. The number of carbonyl (C=O) groups excluding carboxylic acids is 1. The molecule has 15 heteroatoms. The van der Waals surface area contributed by atoms with Crippen molar-refractivity contribution in [1.29, 1.82) is 0 Å². The Labute approximate surface area is 385 Å². The number of nitrogens with zero attached hydrogens (tertiary/aromatic N) is 2. The second-order valence-corrected chi connectivity index (χ2v) is 23.9. The maximum atomic E-state index is 13.1. The van der Waals surface area contributed by atoms with Crippen molar-refractivity contribution in [3.05, 3.63) is 131 Å². The topological polar surface area (TPSA) is 181 Å². The van der Waals surface area contributed by atoms with Gasteiger partial charge in [-0.05, 0) is 118 Å². The number of ether oxygens (including phenoxy) is 1. The Morgan fingerprint density at radius 2 is 1.52 bits per heavy atom. The van der Waals surface area contributed by atoms with Crippen molar-refractivity contribution < 1.29 is 48.8 Å². The average Bonchev–Trinajstić information content (AvgIpc) is 3.57. The molecule has 2 unspecified atom stereocenters. The molecule has 2 aliphatic heterocycles. The van der Waals surface area contributed by atoms with E-state index < -0.39 is 52.0 Å². The summed E-state index contributed by atoms with van der Waals surface area (Å²) in [6, 6.07) is 21.6. The minimum Gasteiger partial charge on any atom is -0.778 e. The van der Waals surface area contributed by atoms with E-state index in [1.54, 1.807) is 0 Å². The zero-order valence-corrected chi connectivity index (χ0v) is 40.7. The number of para-hydroxylation sites is 2. The van der Waals surface area contributed by atoms with Crippen molar-refractivity contribution in [2.24, 2.45) is 5.41 Å². The lowest BCUT2D eigenvalue weighted by atomic mass is 9.76. The fourth-order valence-electron chi connectivity index (χ4n) is 9.23. The first-order valence-corrected chi connectivity index (χ1v) is 26.9. The molecule has 0 radical (unpaired) electrons. The summed E-state index contributed by atoms with van der Waals surface area (Å²) in [6.45, 7) is 13.0. The maximum absolute atomic E-state index is 13.1. The van der Waals surface area contributed by atoms with Gasteiger partial charge in [-0.1, -0.05) is 78.9 Å². The van der Waals surface area contributed by atoms with Gasteiger partial charge in [0.1, 0.15) is 23.8 Å². The molecule has 0 amide bonds. The van der Waals surface area contributed by atoms with Crippen molar-refractivity contribution in [1.82, 2.24) is 0 Å². The number of benzene rings is 3. The third-order valence-corrected chi connectivity index (χ3v) is 15.3. The number of ketones is 1. The minimum atomic E-state index is -4.45. The van der Waals surface area contributed by atoms with Gasteiger partial charge in [0.05, 0.1) is 16.1 Å². The monoisotopic (exact) mass is 946 g/mol. The normalized spacial score (nSPS) is 21.0. The van der Waals surface area contributed by atoms with Gasteiger partial charge in [-0.15, -0.1) is 0 Å². The highest BCUT2D eigenvalue weighted by atomic mass is 32.2. The fourth-order valence-corrected chi connectivity index (χ4v) is 10.8. The number of hydrogen-bond acceptors (Lipinski definition) is 9. The molecule has 1 aliphatic carbocycles. The van der Waals surface area contributed by atoms with Gasteiger partial charge in [-0.25, -0.2) is 0 Å². The van der Waals surface area contributed by atoms with Crippen molar-refractivity contribution in [2.45, 2.75) is 109 Å². The zero-order valence-electron chi connectivity index (χ0n) is 38.2. The molecule has 3 aromatic rings. The van der Waals surface area contributed by atoms with E-state index >= 15 is 0 Å². The number of hydrogen-bond donors (Lipinski definition) is 2. The van der Waals surface area contributed by atoms with Gasteiger partial charge in [-0.2, -0.15) is 21.4 Å². The van der Waals surface area contributed by atoms with E-state index in [2.05, 4.69) is 60.4 Å². The van der Waals surface area contributed by atoms with E-state index in [9.17, 15) is 39.5 Å². The third kappa shape index (κ3) is 11.9. The maximum Gasteiger partial charge on any atom is 0.294 e. The van der Waals surface area contributed by atoms with Crippen molar-refractivity contribution in [2.75, 3.05) is 29.5 Å². The minimum absolute atomic E-state index is 0.0522. The van der Waals surface area contributed by atoms with Gasteiger partial charge in [0, 0.05) is 65.1 Å². The van der Waals surface area contributed by atoms with Crippen LogP contribution in [0.3, 0.4) is 0 Å². The molecular formula is C50H62N2O10S3. The largest absolute Gasteiger partial charge is 0.778 e. The Hall–Kier alpha value is -4.64. The molecule has 6 rings (SSSR count). The Morgan fingerprint density at radius 3 is 2.17 bits per heavy atom. The first-order chi connectivity index (χ1) is 30.3. The summed E-state index contributed by atoms with van der Waals surface area (Å²) in [5.74, 6) is 3.95. The summed E-state index contributed by atoms with van der Waals surface area (Å²) in [7, 11) is -12.1. The summed E-state index contributed by atoms with van der Waals surface area (Å²) < 4.78 is 99.9. The Morgan fingerprint density at radius 1 is 0.862 bits per heavy atom. The van der Waals surface area contributed by atoms with Crippen molar-refractivity contribution in [3.63, 3.8) is 0 Å². The number of fused-ring (bicyclic) bond motifs is 2. The highest BCUT2D eigenvalue weighted by Crippen LogP contribution is 2.51. The van der Waals surface area contributed by atoms with Gasteiger partial charge in [0.25, 0.3) is 20.2 Å². The van der Waals surface area contributed by atoms with Crippen LogP contribution in [0.5, 0.6) is 5.75 Å². The van der Waals surface area contributed by atoms with Crippen LogP contribution in [0.1, 0.15) is 104 Å². The van der Waals surface area contributed by atoms with E-state index in [1.165, 1.54) is 24.3 Å². The summed E-state index contributed by atoms with van der Waals surface area (Å²) in [5.41, 5.74) is 6.22. The molecule has 2 heterocycles. The van der Waals surface area contributed by atoms with Crippen LogP contribution in [0.15, 0.2) is 125 Å². The number of anilines is 1. The lowest BCUT2D eigenvalue weighted by Crippen LogP contribution is -2.30. The molecule has 0 bridgehead atoms. The molecule has 0 fully saturated rings. The van der Waals surface area contributed by atoms with Crippen LogP contribution in [0.2, 0.25) is 0 Å². The molecule has 2 N–H and O–H groups in total. The van der Waals surface area contributed by atoms with Crippen molar-refractivity contribution >= 4 is 58.8 Å². The molecule has 65 heavy (non-hydrogen) atoms. The molecule has 3 aromatic carbocycles. The Bertz CT molecular complexity index is 2810. The average molecular weight is 947 g/mol. The van der Waals surface area contributed by atoms with Crippen LogP contribution in [0.25, 0.3) is 0 Å². The highest BCUT2D eigenvalue weighted by molar-refractivity contribution is 7.95. The zero-order chi connectivity index (χ0) is 47.6. The first-order valence-electron chi connectivity index (χ1n) is 22.0. The third-order valence-electron chi connectivity index (χ3n) is 12.7. The molecule has 0 saturated heterocycles. The number of Topliss-reactive ketones (excluding diaryl/α,β-unsaturated/α-hetero) is 1. The molecule has 350 valence electrons. The summed E-state index contributed by atoms with van der Waals surface area (Å²) in [5, 5.41) is 0. The number of allylic oxidation sites excluding steroid dienone is 7. The summed E-state index contributed by atoms with van der Waals surface area (Å²) in [4.78, 5) is 14.9. The molecule has 0 spiro atoms. The van der Waals surface area contributed by atoms with E-state index in [1.807, 2.05) is 69.3 Å². The van der Waals surface area contributed by atoms with Crippen LogP contribution in [-0.4, -0.2) is 81.2 Å². The van der Waals surface area contributed by atoms with E-state index in [0.29, 0.717) is 63.1 Å². The lowest BCUT2D eigenvalue weighted by molar-refractivity contribution is -0.437. The molecule has 12 nitrogen and oxygen atoms in total. The number of carbonyl (C=O) groups is 1. The van der Waals surface area contributed by atoms with E-state index in [4.69, 9.17) is 4.74 Å². The van der Waals surface area contributed by atoms with Crippen LogP contribution in [-0.2, 0) is 45.7 Å². The Kier molecular flexibility index (Phi) is 14.8. The van der Waals surface area contributed by atoms with Crippen LogP contribution < -0.4 is 9.64 Å². The van der Waals surface area contributed by atoms with Crippen LogP contribution in [0.4, 0.5) is 11.4 Å². The van der Waals surface area contributed by atoms with Gasteiger partial charge in [0.2, 0.25) is 5.69 Å². The molecular weight excluding hydrogens is 885 g/mol. The summed E-state index contributed by atoms with van der Waals surface area (Å²) >= 11 is 0. The van der Waals surface area contributed by atoms with E-state index in [0.717, 1.165) is 51.5 Å². The van der Waals surface area contributed by atoms with Crippen LogP contribution in [0, 0.1) is 5.41 Å². The van der Waals surface area contributed by atoms with Gasteiger partial charge in [0.15, 0.2) is 5.71 Å². The van der Waals surface area contributed by atoms with Gasteiger partial charge >= 0.3 is 0 Å². The smallest absolute Gasteiger partial charge is 0.294 e. The highest BCUT2D eigenvalue weighted by Gasteiger charge is 2.45. The fraction of sp³-hybridized carbons (Fsp3) is 0.420. The lowest BCUT2D eigenvalue weighted by Gasteiger charge is -2.31. The second-order valence-electron chi connectivity index (χ2n) is 19.0. The van der Waals surface area contributed by atoms with E-state index in [-0.39, 0.29) is 22.9 Å². The summed E-state index contributed by atoms with van der Waals surface area (Å²) in [6.07, 6.45) is 12.5. The second kappa shape index (κ2) is 19.3. The van der Waals surface area contributed by atoms with Crippen LogP contribution >= 0.6 is 0 Å². The molecule has 0 aromatic heterocycles. The molecule has 2 atom stereocenters. The quantitative estimate of drug-likeness (QED) is 0.0705. The molecule has 3 aliphatic rings. The SMILES string of the molecule is C=S(=O)([O-])CCC[N+]1=C(/C=C/C2=C(Oc3ccc(S(=O)(=O)O)cc3)C(=C/C=C3/N(CCCS(=O)(=O)O)c4ccccc4C3(C)CCCC(=O)C(C)(C)C)/CCC2)C(C)(C)c2ccccc21. The first kappa shape index (κ1) is 49.8. The molecule has 0 saturated carbocycles.